The Morgan fingerprint density at radius 3 is 2.55 bits per heavy atom. The summed E-state index contributed by atoms with van der Waals surface area (Å²) in [6, 6.07) is 6.97. The van der Waals surface area contributed by atoms with Crippen LogP contribution in [0.1, 0.15) is 22.3 Å². The zero-order valence-electron chi connectivity index (χ0n) is 12.1. The smallest absolute Gasteiger partial charge is 0.338 e. The summed E-state index contributed by atoms with van der Waals surface area (Å²) in [6.45, 7) is -0.607. The highest BCUT2D eigenvalue weighted by atomic mass is 32.2. The maximum absolute atomic E-state index is 11.8. The lowest BCUT2D eigenvalue weighted by Gasteiger charge is -2.06. The number of hydrogen-bond donors (Lipinski definition) is 1. The first-order valence-corrected chi connectivity index (χ1v) is 8.29. The Morgan fingerprint density at radius 2 is 1.91 bits per heavy atom. The zero-order valence-corrected chi connectivity index (χ0v) is 13.0. The summed E-state index contributed by atoms with van der Waals surface area (Å²) in [4.78, 5) is 23.0. The van der Waals surface area contributed by atoms with Gasteiger partial charge < -0.3 is 9.47 Å². The summed E-state index contributed by atoms with van der Waals surface area (Å²) in [5.41, 5.74) is 1.40. The van der Waals surface area contributed by atoms with Crippen LogP contribution in [0, 0.1) is 0 Å². The third kappa shape index (κ3) is 7.23. The van der Waals surface area contributed by atoms with Crippen LogP contribution in [0.3, 0.4) is 0 Å². The Balaban J connectivity index is 2.31. The molecule has 0 fully saturated rings. The van der Waals surface area contributed by atoms with Crippen LogP contribution in [-0.4, -0.2) is 51.7 Å². The van der Waals surface area contributed by atoms with Crippen LogP contribution in [-0.2, 0) is 30.7 Å². The first kappa shape index (κ1) is 18.2. The first-order chi connectivity index (χ1) is 10.3. The Morgan fingerprint density at radius 1 is 1.18 bits per heavy atom. The third-order valence-corrected chi connectivity index (χ3v) is 3.40. The standard InChI is InChI=1S/C13H17BO7S/c14-9-10-2-1-3-11(8-10)13(16)21-5-4-12(15)20-6-7-22(17,18)19/h1-3,8H,4-7,9,14H2,(H,17,18,19). The summed E-state index contributed by atoms with van der Waals surface area (Å²) in [5, 5.41) is 0. The largest absolute Gasteiger partial charge is 0.464 e. The fourth-order valence-corrected chi connectivity index (χ4v) is 1.86. The van der Waals surface area contributed by atoms with Gasteiger partial charge in [0, 0.05) is 0 Å². The summed E-state index contributed by atoms with van der Waals surface area (Å²) in [6.07, 6.45) is 0.603. The maximum Gasteiger partial charge on any atom is 0.338 e. The molecule has 0 aromatic heterocycles. The lowest BCUT2D eigenvalue weighted by molar-refractivity contribution is -0.143. The van der Waals surface area contributed by atoms with Gasteiger partial charge in [-0.2, -0.15) is 8.42 Å². The number of carbonyl (C=O) groups excluding carboxylic acids is 2. The van der Waals surface area contributed by atoms with Crippen molar-refractivity contribution in [3.8, 4) is 0 Å². The lowest BCUT2D eigenvalue weighted by atomic mass is 9.96. The first-order valence-electron chi connectivity index (χ1n) is 6.68. The van der Waals surface area contributed by atoms with Gasteiger partial charge in [-0.1, -0.05) is 24.0 Å². The summed E-state index contributed by atoms with van der Waals surface area (Å²) in [7, 11) is -2.19. The van der Waals surface area contributed by atoms with Crippen molar-refractivity contribution in [2.75, 3.05) is 19.0 Å². The molecule has 0 aliphatic heterocycles. The van der Waals surface area contributed by atoms with E-state index < -0.39 is 34.4 Å². The van der Waals surface area contributed by atoms with Crippen LogP contribution in [0.15, 0.2) is 24.3 Å². The van der Waals surface area contributed by atoms with E-state index in [1.54, 1.807) is 18.2 Å². The zero-order chi connectivity index (χ0) is 16.6. The number of ether oxygens (including phenoxy) is 2. The molecule has 0 atom stereocenters. The number of benzene rings is 1. The van der Waals surface area contributed by atoms with Gasteiger partial charge in [-0.05, 0) is 12.1 Å². The van der Waals surface area contributed by atoms with Crippen LogP contribution in [0.4, 0.5) is 0 Å². The highest BCUT2D eigenvalue weighted by Crippen LogP contribution is 2.07. The SMILES string of the molecule is BCc1cccc(C(=O)OCCC(=O)OCCS(=O)(=O)O)c1. The van der Waals surface area contributed by atoms with Crippen LogP contribution < -0.4 is 0 Å². The molecule has 0 heterocycles. The molecule has 9 heteroatoms. The van der Waals surface area contributed by atoms with Gasteiger partial charge in [0.2, 0.25) is 0 Å². The molecule has 1 rings (SSSR count). The van der Waals surface area contributed by atoms with Crippen LogP contribution in [0.2, 0.25) is 0 Å². The van der Waals surface area contributed by atoms with Gasteiger partial charge in [0.25, 0.3) is 10.1 Å². The van der Waals surface area contributed by atoms with Crippen molar-refractivity contribution < 1.29 is 32.0 Å². The molecular weight excluding hydrogens is 311 g/mol. The van der Waals surface area contributed by atoms with E-state index in [2.05, 4.69) is 4.74 Å². The van der Waals surface area contributed by atoms with Gasteiger partial charge in [-0.15, -0.1) is 0 Å². The van der Waals surface area contributed by atoms with Crippen molar-refractivity contribution in [2.24, 2.45) is 0 Å². The van der Waals surface area contributed by atoms with E-state index in [9.17, 15) is 18.0 Å². The second-order valence-electron chi connectivity index (χ2n) is 4.45. The highest BCUT2D eigenvalue weighted by Gasteiger charge is 2.11. The van der Waals surface area contributed by atoms with Crippen LogP contribution in [0.25, 0.3) is 0 Å². The Hall–Kier alpha value is -1.87. The predicted octanol–water partition coefficient (Wildman–Crippen LogP) is -0.202. The molecule has 0 saturated carbocycles. The van der Waals surface area contributed by atoms with Crippen molar-refractivity contribution in [1.82, 2.24) is 0 Å². The summed E-state index contributed by atoms with van der Waals surface area (Å²) >= 11 is 0. The van der Waals surface area contributed by atoms with E-state index in [0.29, 0.717) is 5.56 Å². The number of hydrogen-bond acceptors (Lipinski definition) is 6. The van der Waals surface area contributed by atoms with Crippen molar-refractivity contribution in [2.45, 2.75) is 12.7 Å². The van der Waals surface area contributed by atoms with Crippen molar-refractivity contribution >= 4 is 29.9 Å². The Kier molecular flexibility index (Phi) is 7.06. The van der Waals surface area contributed by atoms with Gasteiger partial charge in [0.05, 0.1) is 12.0 Å². The fraction of sp³-hybridized carbons (Fsp3) is 0.385. The molecule has 22 heavy (non-hydrogen) atoms. The summed E-state index contributed by atoms with van der Waals surface area (Å²) in [5.74, 6) is -1.91. The molecule has 0 aliphatic rings. The van der Waals surface area contributed by atoms with Gasteiger partial charge in [0.1, 0.15) is 26.8 Å². The molecule has 0 bridgehead atoms. The van der Waals surface area contributed by atoms with E-state index in [4.69, 9.17) is 9.29 Å². The van der Waals surface area contributed by atoms with Gasteiger partial charge in [0.15, 0.2) is 0 Å². The monoisotopic (exact) mass is 328 g/mol. The van der Waals surface area contributed by atoms with E-state index in [1.807, 2.05) is 13.9 Å². The van der Waals surface area contributed by atoms with Crippen LogP contribution in [0.5, 0.6) is 0 Å². The second-order valence-corrected chi connectivity index (χ2v) is 6.02. The average Bonchev–Trinajstić information content (AvgIpc) is 2.45. The topological polar surface area (TPSA) is 107 Å². The number of esters is 2. The molecule has 0 aliphatic carbocycles. The number of carbonyl (C=O) groups is 2. The normalized spacial score (nSPS) is 11.0. The molecule has 0 unspecified atom stereocenters. The molecule has 7 nitrogen and oxygen atoms in total. The van der Waals surface area contributed by atoms with E-state index in [-0.39, 0.29) is 13.0 Å². The van der Waals surface area contributed by atoms with Crippen LogP contribution >= 0.6 is 0 Å². The van der Waals surface area contributed by atoms with E-state index >= 15 is 0 Å². The fourth-order valence-electron chi connectivity index (χ4n) is 1.56. The molecule has 1 N–H and O–H groups in total. The quantitative estimate of drug-likeness (QED) is 0.400. The molecular formula is C13H17BO7S. The Bertz CT molecular complexity index is 627. The average molecular weight is 328 g/mol. The van der Waals surface area contributed by atoms with Gasteiger partial charge >= 0.3 is 11.9 Å². The lowest BCUT2D eigenvalue weighted by Crippen LogP contribution is -2.16. The van der Waals surface area contributed by atoms with E-state index in [0.717, 1.165) is 11.9 Å². The van der Waals surface area contributed by atoms with E-state index in [1.165, 1.54) is 0 Å². The molecule has 120 valence electrons. The van der Waals surface area contributed by atoms with Crippen molar-refractivity contribution in [3.63, 3.8) is 0 Å². The molecule has 1 aromatic rings. The Labute approximate surface area is 129 Å². The number of rotatable bonds is 8. The maximum atomic E-state index is 11.8. The molecule has 0 amide bonds. The minimum absolute atomic E-state index is 0.167. The minimum atomic E-state index is -4.16. The summed E-state index contributed by atoms with van der Waals surface area (Å²) < 4.78 is 38.8. The molecule has 0 radical (unpaired) electrons. The second kappa shape index (κ2) is 8.55. The molecule has 1 aromatic carbocycles. The highest BCUT2D eigenvalue weighted by molar-refractivity contribution is 7.85. The molecule has 0 saturated heterocycles. The third-order valence-electron chi connectivity index (χ3n) is 2.71. The minimum Gasteiger partial charge on any atom is -0.464 e. The van der Waals surface area contributed by atoms with Crippen molar-refractivity contribution in [3.05, 3.63) is 35.4 Å². The van der Waals surface area contributed by atoms with Gasteiger partial charge in [-0.25, -0.2) is 4.79 Å². The molecule has 0 spiro atoms. The van der Waals surface area contributed by atoms with Crippen molar-refractivity contribution in [1.29, 1.82) is 0 Å². The predicted molar refractivity (Wildman–Crippen MR) is 81.0 cm³/mol. The van der Waals surface area contributed by atoms with Gasteiger partial charge in [-0.3, -0.25) is 9.35 Å².